The molecular formula is C24H22FN5O2S. The van der Waals surface area contributed by atoms with E-state index in [4.69, 9.17) is 0 Å². The number of thiazole rings is 1. The fourth-order valence-electron chi connectivity index (χ4n) is 4.24. The summed E-state index contributed by atoms with van der Waals surface area (Å²) < 4.78 is 15.6. The molecule has 1 aromatic carbocycles. The molecule has 0 saturated carbocycles. The van der Waals surface area contributed by atoms with Gasteiger partial charge in [-0.15, -0.1) is 0 Å². The number of halogens is 1. The van der Waals surface area contributed by atoms with Crippen LogP contribution in [0.1, 0.15) is 24.8 Å². The smallest absolute Gasteiger partial charge is 0.281 e. The summed E-state index contributed by atoms with van der Waals surface area (Å²) in [6.45, 7) is 0.698. The number of aromatic nitrogens is 4. The monoisotopic (exact) mass is 463 g/mol. The first kappa shape index (κ1) is 21.4. The molecule has 4 heterocycles. The van der Waals surface area contributed by atoms with Crippen LogP contribution in [0, 0.1) is 5.82 Å². The first-order valence-corrected chi connectivity index (χ1v) is 11.7. The summed E-state index contributed by atoms with van der Waals surface area (Å²) in [5.74, 6) is -0.224. The largest absolute Gasteiger partial charge is 0.338 e. The van der Waals surface area contributed by atoms with Gasteiger partial charge in [0, 0.05) is 26.2 Å². The summed E-state index contributed by atoms with van der Waals surface area (Å²) in [5.41, 5.74) is 1.01. The van der Waals surface area contributed by atoms with Crippen molar-refractivity contribution < 1.29 is 9.18 Å². The van der Waals surface area contributed by atoms with Crippen LogP contribution in [0.15, 0.2) is 53.5 Å². The van der Waals surface area contributed by atoms with Gasteiger partial charge in [0.2, 0.25) is 0 Å². The summed E-state index contributed by atoms with van der Waals surface area (Å²) in [4.78, 5) is 41.5. The van der Waals surface area contributed by atoms with Crippen LogP contribution < -0.4 is 10.5 Å². The minimum absolute atomic E-state index is 0.0177. The van der Waals surface area contributed by atoms with E-state index < -0.39 is 5.82 Å². The number of anilines is 1. The zero-order chi connectivity index (χ0) is 22.9. The first-order valence-electron chi connectivity index (χ1n) is 10.8. The fraction of sp³-hybridized carbons (Fsp3) is 0.292. The van der Waals surface area contributed by atoms with Crippen molar-refractivity contribution in [1.29, 1.82) is 0 Å². The second-order valence-corrected chi connectivity index (χ2v) is 9.04. The number of carbonyl (C=O) groups is 1. The van der Waals surface area contributed by atoms with E-state index in [-0.39, 0.29) is 34.4 Å². The highest BCUT2D eigenvalue weighted by Crippen LogP contribution is 2.33. The molecule has 3 aromatic heterocycles. The molecule has 1 aliphatic heterocycles. The molecule has 7 nitrogen and oxygen atoms in total. The van der Waals surface area contributed by atoms with Crippen LogP contribution in [0.2, 0.25) is 0 Å². The number of pyridine rings is 1. The highest BCUT2D eigenvalue weighted by Gasteiger charge is 2.33. The van der Waals surface area contributed by atoms with Crippen LogP contribution in [-0.4, -0.2) is 37.9 Å². The summed E-state index contributed by atoms with van der Waals surface area (Å²) in [6.07, 6.45) is 4.26. The molecule has 1 saturated heterocycles. The van der Waals surface area contributed by atoms with Crippen molar-refractivity contribution in [2.24, 2.45) is 7.05 Å². The number of fused-ring (bicyclic) bond motifs is 1. The molecule has 4 aromatic rings. The molecule has 0 N–H and O–H groups in total. The van der Waals surface area contributed by atoms with Crippen LogP contribution >= 0.6 is 11.3 Å². The number of hydrogen-bond donors (Lipinski definition) is 0. The average molecular weight is 464 g/mol. The molecule has 33 heavy (non-hydrogen) atoms. The van der Waals surface area contributed by atoms with Crippen molar-refractivity contribution in [3.63, 3.8) is 0 Å². The minimum atomic E-state index is -0.548. The van der Waals surface area contributed by atoms with E-state index in [1.165, 1.54) is 41.3 Å². The highest BCUT2D eigenvalue weighted by molar-refractivity contribution is 7.21. The topological polar surface area (TPSA) is 81.0 Å². The van der Waals surface area contributed by atoms with Gasteiger partial charge in [0.15, 0.2) is 32.9 Å². The summed E-state index contributed by atoms with van der Waals surface area (Å²) in [7, 11) is 1.53. The molecule has 0 radical (unpaired) electrons. The van der Waals surface area contributed by atoms with Crippen LogP contribution in [0.4, 0.5) is 9.52 Å². The number of Topliss-reactive ketones (excluding diaryl/α,β-unsaturated/α-hetero) is 1. The SMILES string of the molecule is Cn1c(-c2ncccc2F)nc2sc(N3CCC[C@@H]3C(=O)CCc3ccccc3)nc2c1=O. The number of aryl methyl sites for hydroxylation is 1. The maximum absolute atomic E-state index is 14.3. The van der Waals surface area contributed by atoms with Crippen molar-refractivity contribution in [3.8, 4) is 11.5 Å². The highest BCUT2D eigenvalue weighted by atomic mass is 32.1. The minimum Gasteiger partial charge on any atom is -0.338 e. The van der Waals surface area contributed by atoms with Gasteiger partial charge in [-0.25, -0.2) is 19.3 Å². The average Bonchev–Trinajstić information content (AvgIpc) is 3.48. The molecule has 9 heteroatoms. The standard InChI is InChI=1S/C24H22FN5O2S/c1-29-21(19-16(25)9-5-13-26-19)28-22-20(23(29)32)27-24(33-22)30-14-6-10-17(30)18(31)12-11-15-7-3-2-4-8-15/h2-5,7-9,13,17H,6,10-12,14H2,1H3/t17-/m1/s1. The van der Waals surface area contributed by atoms with Crippen LogP contribution in [0.5, 0.6) is 0 Å². The van der Waals surface area contributed by atoms with E-state index >= 15 is 0 Å². The Kier molecular flexibility index (Phi) is 5.72. The fourth-order valence-corrected chi connectivity index (χ4v) is 5.24. The van der Waals surface area contributed by atoms with E-state index in [0.29, 0.717) is 29.3 Å². The van der Waals surface area contributed by atoms with Crippen molar-refractivity contribution in [3.05, 3.63) is 70.4 Å². The van der Waals surface area contributed by atoms with Gasteiger partial charge in [0.25, 0.3) is 5.56 Å². The van der Waals surface area contributed by atoms with E-state index in [2.05, 4.69) is 15.0 Å². The Morgan fingerprint density at radius 1 is 1.18 bits per heavy atom. The van der Waals surface area contributed by atoms with E-state index in [1.807, 2.05) is 35.2 Å². The van der Waals surface area contributed by atoms with Crippen molar-refractivity contribution in [2.75, 3.05) is 11.4 Å². The molecule has 0 unspecified atom stereocenters. The van der Waals surface area contributed by atoms with Gasteiger partial charge < -0.3 is 4.90 Å². The predicted octanol–water partition coefficient (Wildman–Crippen LogP) is 3.76. The summed E-state index contributed by atoms with van der Waals surface area (Å²) in [6, 6.07) is 12.5. The lowest BCUT2D eigenvalue weighted by atomic mass is 10.0. The Hall–Kier alpha value is -3.46. The molecule has 168 valence electrons. The number of rotatable bonds is 6. The lowest BCUT2D eigenvalue weighted by molar-refractivity contribution is -0.120. The molecule has 1 atom stereocenters. The van der Waals surface area contributed by atoms with Gasteiger partial charge in [-0.05, 0) is 37.0 Å². The maximum atomic E-state index is 14.3. The number of nitrogens with zero attached hydrogens (tertiary/aromatic N) is 5. The summed E-state index contributed by atoms with van der Waals surface area (Å²) >= 11 is 1.26. The zero-order valence-corrected chi connectivity index (χ0v) is 18.9. The van der Waals surface area contributed by atoms with E-state index in [0.717, 1.165) is 18.4 Å². The molecule has 0 aliphatic carbocycles. The Labute approximate surface area is 193 Å². The van der Waals surface area contributed by atoms with Crippen LogP contribution in [0.3, 0.4) is 0 Å². The second kappa shape index (κ2) is 8.82. The third-order valence-corrected chi connectivity index (χ3v) is 6.96. The molecule has 1 fully saturated rings. The van der Waals surface area contributed by atoms with Crippen molar-refractivity contribution >= 4 is 32.6 Å². The molecule has 5 rings (SSSR count). The van der Waals surface area contributed by atoms with E-state index in [1.54, 1.807) is 0 Å². The quantitative estimate of drug-likeness (QED) is 0.433. The third-order valence-electron chi connectivity index (χ3n) is 5.97. The number of hydrogen-bond acceptors (Lipinski definition) is 7. The molecule has 1 aliphatic rings. The Balaban J connectivity index is 1.44. The van der Waals surface area contributed by atoms with Crippen LogP contribution in [-0.2, 0) is 18.3 Å². The summed E-state index contributed by atoms with van der Waals surface area (Å²) in [5, 5.41) is 0.601. The normalized spacial score (nSPS) is 15.9. The van der Waals surface area contributed by atoms with Gasteiger partial charge in [0.1, 0.15) is 5.69 Å². The van der Waals surface area contributed by atoms with E-state index in [9.17, 15) is 14.0 Å². The Morgan fingerprint density at radius 2 is 2.00 bits per heavy atom. The molecule has 0 bridgehead atoms. The number of carbonyl (C=O) groups excluding carboxylic acids is 1. The number of benzene rings is 1. The lowest BCUT2D eigenvalue weighted by Gasteiger charge is -2.22. The van der Waals surface area contributed by atoms with Gasteiger partial charge >= 0.3 is 0 Å². The zero-order valence-electron chi connectivity index (χ0n) is 18.1. The first-order chi connectivity index (χ1) is 16.0. The van der Waals surface area contributed by atoms with Crippen LogP contribution in [0.25, 0.3) is 21.9 Å². The Morgan fingerprint density at radius 3 is 2.79 bits per heavy atom. The van der Waals surface area contributed by atoms with Crippen molar-refractivity contribution in [2.45, 2.75) is 31.7 Å². The molecule has 0 amide bonds. The lowest BCUT2D eigenvalue weighted by Crippen LogP contribution is -2.36. The molecule has 0 spiro atoms. The number of ketones is 1. The van der Waals surface area contributed by atoms with Gasteiger partial charge in [-0.2, -0.15) is 0 Å². The molecular weight excluding hydrogens is 441 g/mol. The Bertz CT molecular complexity index is 1380. The maximum Gasteiger partial charge on any atom is 0.281 e. The second-order valence-electron chi connectivity index (χ2n) is 8.09. The third kappa shape index (κ3) is 4.04. The van der Waals surface area contributed by atoms with Gasteiger partial charge in [-0.3, -0.25) is 14.2 Å². The van der Waals surface area contributed by atoms with Gasteiger partial charge in [0.05, 0.1) is 6.04 Å². The van der Waals surface area contributed by atoms with Gasteiger partial charge in [-0.1, -0.05) is 41.7 Å². The van der Waals surface area contributed by atoms with Crippen molar-refractivity contribution in [1.82, 2.24) is 19.5 Å². The predicted molar refractivity (Wildman–Crippen MR) is 126 cm³/mol.